The Labute approximate surface area is 645 Å². The molecule has 0 rings (SSSR count). The molecule has 105 heavy (non-hydrogen) atoms. The Morgan fingerprint density at radius 3 is 0.648 bits per heavy atom. The second-order valence-electron chi connectivity index (χ2n) is 32.4. The van der Waals surface area contributed by atoms with E-state index in [0.717, 1.165) is 108 Å². The summed E-state index contributed by atoms with van der Waals surface area (Å²) in [6, 6.07) is 0. The molecule has 0 spiro atoms. The normalized spacial score (nSPS) is 13.9. The van der Waals surface area contributed by atoms with Crippen LogP contribution in [-0.2, 0) is 65.4 Å². The van der Waals surface area contributed by atoms with Crippen LogP contribution in [0.25, 0.3) is 0 Å². The van der Waals surface area contributed by atoms with Crippen LogP contribution >= 0.6 is 15.6 Å². The first-order valence-electron chi connectivity index (χ1n) is 44.3. The van der Waals surface area contributed by atoms with Gasteiger partial charge in [0.2, 0.25) is 0 Å². The molecule has 0 aliphatic rings. The molecule has 624 valence electrons. The fraction of sp³-hybridized carbons (Fsp3) is 0.953. The van der Waals surface area contributed by atoms with Crippen molar-refractivity contribution in [3.63, 3.8) is 0 Å². The first-order valence-corrected chi connectivity index (χ1v) is 47.3. The number of rotatable bonds is 84. The van der Waals surface area contributed by atoms with Crippen molar-refractivity contribution in [1.82, 2.24) is 0 Å². The molecular weight excluding hydrogens is 1370 g/mol. The average Bonchev–Trinajstić information content (AvgIpc) is 0.906. The molecule has 0 saturated carbocycles. The van der Waals surface area contributed by atoms with Crippen LogP contribution in [-0.4, -0.2) is 96.7 Å². The van der Waals surface area contributed by atoms with Gasteiger partial charge in [-0.3, -0.25) is 37.3 Å². The van der Waals surface area contributed by atoms with Crippen molar-refractivity contribution in [2.75, 3.05) is 39.6 Å². The molecule has 0 amide bonds. The van der Waals surface area contributed by atoms with Gasteiger partial charge >= 0.3 is 39.5 Å². The molecule has 0 aliphatic heterocycles. The Bertz CT molecular complexity index is 2030. The van der Waals surface area contributed by atoms with E-state index in [4.69, 9.17) is 37.0 Å². The monoisotopic (exact) mass is 1540 g/mol. The van der Waals surface area contributed by atoms with E-state index in [1.54, 1.807) is 0 Å². The van der Waals surface area contributed by atoms with Crippen LogP contribution in [0.4, 0.5) is 0 Å². The molecule has 0 aromatic heterocycles. The Morgan fingerprint density at radius 2 is 0.438 bits per heavy atom. The van der Waals surface area contributed by atoms with Crippen molar-refractivity contribution in [2.45, 2.75) is 471 Å². The van der Waals surface area contributed by atoms with E-state index in [1.165, 1.54) is 263 Å². The predicted molar refractivity (Wildman–Crippen MR) is 432 cm³/mol. The molecule has 3 N–H and O–H groups in total. The van der Waals surface area contributed by atoms with E-state index in [9.17, 15) is 43.2 Å². The van der Waals surface area contributed by atoms with Gasteiger partial charge in [-0.05, 0) is 43.4 Å². The second-order valence-corrected chi connectivity index (χ2v) is 35.3. The molecule has 0 bridgehead atoms. The van der Waals surface area contributed by atoms with Crippen LogP contribution in [0.1, 0.15) is 453 Å². The number of phosphoric acid groups is 2. The highest BCUT2D eigenvalue weighted by Crippen LogP contribution is 2.45. The van der Waals surface area contributed by atoms with Gasteiger partial charge in [0, 0.05) is 25.7 Å². The number of aliphatic hydroxyl groups excluding tert-OH is 1. The third-order valence-electron chi connectivity index (χ3n) is 20.1. The number of hydrogen-bond donors (Lipinski definition) is 3. The van der Waals surface area contributed by atoms with Crippen LogP contribution in [0, 0.1) is 17.8 Å². The molecule has 0 aromatic rings. The van der Waals surface area contributed by atoms with Gasteiger partial charge in [0.15, 0.2) is 12.2 Å². The van der Waals surface area contributed by atoms with Gasteiger partial charge in [-0.1, -0.05) is 402 Å². The van der Waals surface area contributed by atoms with Crippen molar-refractivity contribution >= 4 is 39.5 Å². The zero-order valence-corrected chi connectivity index (χ0v) is 71.0. The summed E-state index contributed by atoms with van der Waals surface area (Å²) in [5.74, 6) is 0.275. The number of hydrogen-bond acceptors (Lipinski definition) is 15. The van der Waals surface area contributed by atoms with Crippen molar-refractivity contribution in [1.29, 1.82) is 0 Å². The van der Waals surface area contributed by atoms with Crippen LogP contribution in [0.2, 0.25) is 0 Å². The SMILES string of the molecule is CCCCCCCCCCCCCCCC(=O)OC[C@H](COP(=O)(O)OC[C@H](O)COP(=O)(O)OC[C@@H](COC(=O)CCCCCCCCCCCCCCCCCC(C)C)OC(=O)CCCCCCCCCCCCCCCCCCCCC(C)C)OC(=O)CCCCCCCCCCCCC(C)C. The fourth-order valence-corrected chi connectivity index (χ4v) is 14.9. The quantitative estimate of drug-likeness (QED) is 0.0222. The molecule has 2 unspecified atom stereocenters. The van der Waals surface area contributed by atoms with E-state index in [-0.39, 0.29) is 25.7 Å². The van der Waals surface area contributed by atoms with E-state index in [2.05, 4.69) is 48.5 Å². The highest BCUT2D eigenvalue weighted by molar-refractivity contribution is 7.47. The summed E-state index contributed by atoms with van der Waals surface area (Å²) in [6.45, 7) is 12.0. The number of ether oxygens (including phenoxy) is 4. The minimum atomic E-state index is -4.97. The highest BCUT2D eigenvalue weighted by atomic mass is 31.2. The minimum absolute atomic E-state index is 0.106. The molecule has 0 fully saturated rings. The summed E-state index contributed by atoms with van der Waals surface area (Å²) < 4.78 is 68.9. The van der Waals surface area contributed by atoms with Crippen LogP contribution in [0.5, 0.6) is 0 Å². The van der Waals surface area contributed by atoms with Crippen molar-refractivity contribution < 1.29 is 80.2 Å². The standard InChI is InChI=1S/C86H168O17P2/c1-8-9-10-11-12-13-14-24-31-39-46-53-60-67-83(88)96-74-82(103-86(91)70-63-56-49-42-35-34-38-45-52-59-66-79(6)7)76-101-105(94,95)99-72-80(87)71-98-104(92,93)100-75-81(73-97-84(89)68-61-54-47-40-32-27-23-19-21-26-30-37-44-51-58-65-78(4)5)102-85(90)69-62-55-48-41-33-28-22-18-16-15-17-20-25-29-36-43-50-57-64-77(2)3/h77-82,87H,8-76H2,1-7H3,(H,92,93)(H,94,95)/t80-,81-,82-/m1/s1. The third-order valence-corrected chi connectivity index (χ3v) is 22.0. The molecule has 5 atom stereocenters. The molecule has 0 aliphatic carbocycles. The summed E-state index contributed by atoms with van der Waals surface area (Å²) >= 11 is 0. The first-order chi connectivity index (χ1) is 50.7. The van der Waals surface area contributed by atoms with Gasteiger partial charge < -0.3 is 33.8 Å². The number of esters is 4. The zero-order chi connectivity index (χ0) is 77.2. The van der Waals surface area contributed by atoms with Crippen LogP contribution < -0.4 is 0 Å². The second kappa shape index (κ2) is 76.1. The number of unbranched alkanes of at least 4 members (excludes halogenated alkanes) is 52. The predicted octanol–water partition coefficient (Wildman–Crippen LogP) is 26.1. The van der Waals surface area contributed by atoms with Crippen molar-refractivity contribution in [3.8, 4) is 0 Å². The zero-order valence-electron chi connectivity index (χ0n) is 69.2. The smallest absolute Gasteiger partial charge is 0.462 e. The van der Waals surface area contributed by atoms with Gasteiger partial charge in [-0.15, -0.1) is 0 Å². The Balaban J connectivity index is 5.25. The lowest BCUT2D eigenvalue weighted by atomic mass is 10.0. The number of phosphoric ester groups is 2. The summed E-state index contributed by atoms with van der Waals surface area (Å²) in [7, 11) is -9.93. The van der Waals surface area contributed by atoms with Gasteiger partial charge in [0.05, 0.1) is 26.4 Å². The molecule has 0 radical (unpaired) electrons. The number of carbonyl (C=O) groups is 4. The third kappa shape index (κ3) is 79.9. The van der Waals surface area contributed by atoms with Crippen LogP contribution in [0.3, 0.4) is 0 Å². The van der Waals surface area contributed by atoms with Crippen LogP contribution in [0.15, 0.2) is 0 Å². The molecule has 19 heteroatoms. The van der Waals surface area contributed by atoms with Crippen molar-refractivity contribution in [3.05, 3.63) is 0 Å². The highest BCUT2D eigenvalue weighted by Gasteiger charge is 2.30. The van der Waals surface area contributed by atoms with Crippen molar-refractivity contribution in [2.24, 2.45) is 17.8 Å². The maximum atomic E-state index is 13.2. The molecular formula is C86H168O17P2. The van der Waals surface area contributed by atoms with Gasteiger partial charge in [0.1, 0.15) is 19.3 Å². The van der Waals surface area contributed by atoms with Gasteiger partial charge in [-0.25, -0.2) is 9.13 Å². The number of carbonyl (C=O) groups excluding carboxylic acids is 4. The molecule has 0 aromatic carbocycles. The maximum Gasteiger partial charge on any atom is 0.472 e. The molecule has 17 nitrogen and oxygen atoms in total. The minimum Gasteiger partial charge on any atom is -0.462 e. The van der Waals surface area contributed by atoms with E-state index in [1.807, 2.05) is 0 Å². The Kier molecular flexibility index (Phi) is 74.7. The van der Waals surface area contributed by atoms with E-state index >= 15 is 0 Å². The maximum absolute atomic E-state index is 13.2. The van der Waals surface area contributed by atoms with Gasteiger partial charge in [-0.2, -0.15) is 0 Å². The fourth-order valence-electron chi connectivity index (χ4n) is 13.4. The Hall–Kier alpha value is -1.94. The largest absolute Gasteiger partial charge is 0.472 e. The molecule has 0 saturated heterocycles. The van der Waals surface area contributed by atoms with E-state index in [0.29, 0.717) is 25.7 Å². The lowest BCUT2D eigenvalue weighted by Gasteiger charge is -2.21. The Morgan fingerprint density at radius 1 is 0.257 bits per heavy atom. The summed E-state index contributed by atoms with van der Waals surface area (Å²) in [5, 5.41) is 10.7. The van der Waals surface area contributed by atoms with Gasteiger partial charge in [0.25, 0.3) is 0 Å². The summed E-state index contributed by atoms with van der Waals surface area (Å²) in [4.78, 5) is 73.2. The lowest BCUT2D eigenvalue weighted by Crippen LogP contribution is -2.30. The topological polar surface area (TPSA) is 237 Å². The summed E-state index contributed by atoms with van der Waals surface area (Å²) in [5.41, 5.74) is 0. The number of aliphatic hydroxyl groups is 1. The lowest BCUT2D eigenvalue weighted by molar-refractivity contribution is -0.161. The first kappa shape index (κ1) is 103. The average molecular weight is 1540 g/mol. The summed E-state index contributed by atoms with van der Waals surface area (Å²) in [6.07, 6.45) is 66.6. The van der Waals surface area contributed by atoms with E-state index < -0.39 is 97.5 Å². The molecule has 0 heterocycles.